The van der Waals surface area contributed by atoms with Gasteiger partial charge < -0.3 is 25.2 Å². The van der Waals surface area contributed by atoms with Gasteiger partial charge in [0, 0.05) is 18.7 Å². The van der Waals surface area contributed by atoms with Crippen molar-refractivity contribution in [1.29, 1.82) is 0 Å². The molecule has 5 rings (SSSR count). The molecule has 1 unspecified atom stereocenters. The highest BCUT2D eigenvalue weighted by atomic mass is 19.1. The Bertz CT molecular complexity index is 1140. The summed E-state index contributed by atoms with van der Waals surface area (Å²) in [6.45, 7) is 6.66. The van der Waals surface area contributed by atoms with Gasteiger partial charge in [0.1, 0.15) is 5.75 Å². The lowest BCUT2D eigenvalue weighted by Crippen LogP contribution is -2.50. The van der Waals surface area contributed by atoms with Crippen LogP contribution in [0.5, 0.6) is 11.5 Å². The van der Waals surface area contributed by atoms with Gasteiger partial charge in [0.05, 0.1) is 30.1 Å². The van der Waals surface area contributed by atoms with E-state index in [1.54, 1.807) is 6.92 Å². The number of methoxy groups -OCH3 is 1. The molecule has 39 heavy (non-hydrogen) atoms. The largest absolute Gasteiger partial charge is 0.496 e. The summed E-state index contributed by atoms with van der Waals surface area (Å²) < 4.78 is 26.2. The van der Waals surface area contributed by atoms with Crippen molar-refractivity contribution in [2.75, 3.05) is 13.7 Å². The summed E-state index contributed by atoms with van der Waals surface area (Å²) in [6, 6.07) is 2.19. The van der Waals surface area contributed by atoms with E-state index < -0.39 is 23.1 Å². The molecule has 5 atom stereocenters. The van der Waals surface area contributed by atoms with Crippen molar-refractivity contribution in [3.8, 4) is 11.5 Å². The number of carbonyl (C=O) groups excluding carboxylic acids is 2. The minimum Gasteiger partial charge on any atom is -0.496 e. The number of hydrogen-bond acceptors (Lipinski definition) is 5. The van der Waals surface area contributed by atoms with Crippen LogP contribution in [0.15, 0.2) is 12.1 Å². The van der Waals surface area contributed by atoms with Crippen molar-refractivity contribution in [2.45, 2.75) is 84.3 Å². The molecule has 2 amide bonds. The third-order valence-electron chi connectivity index (χ3n) is 10.2. The molecule has 4 saturated carbocycles. The van der Waals surface area contributed by atoms with Crippen molar-refractivity contribution >= 4 is 17.8 Å². The lowest BCUT2D eigenvalue weighted by atomic mass is 9.70. The van der Waals surface area contributed by atoms with E-state index in [9.17, 15) is 23.9 Å². The van der Waals surface area contributed by atoms with Crippen LogP contribution in [0, 0.1) is 40.3 Å². The number of hydrogen-bond donors (Lipinski definition) is 3. The first-order chi connectivity index (χ1) is 18.4. The molecule has 8 nitrogen and oxygen atoms in total. The lowest BCUT2D eigenvalue weighted by Gasteiger charge is -2.39. The van der Waals surface area contributed by atoms with Gasteiger partial charge in [-0.25, -0.2) is 4.39 Å². The first-order valence-corrected chi connectivity index (χ1v) is 14.3. The number of nitrogens with one attached hydrogen (secondary N) is 2. The number of benzene rings is 1. The molecule has 0 heterocycles. The van der Waals surface area contributed by atoms with Crippen LogP contribution < -0.4 is 20.1 Å². The van der Waals surface area contributed by atoms with Gasteiger partial charge in [-0.1, -0.05) is 20.3 Å². The summed E-state index contributed by atoms with van der Waals surface area (Å²) >= 11 is 0. The molecule has 0 aliphatic heterocycles. The number of carbonyl (C=O) groups is 3. The van der Waals surface area contributed by atoms with E-state index in [0.29, 0.717) is 38.1 Å². The SMILES string of the molecule is COc1cc(F)c(OC2CCC(C)(C(=O)O)CC2)cc1C(=O)N[C@H]1[C@@H](C(=O)NCC2(C)CCC2)[C@H]2CC2[C@@H]1C. The van der Waals surface area contributed by atoms with Crippen molar-refractivity contribution in [1.82, 2.24) is 10.6 Å². The van der Waals surface area contributed by atoms with E-state index in [0.717, 1.165) is 25.3 Å². The first-order valence-electron chi connectivity index (χ1n) is 14.3. The highest BCUT2D eigenvalue weighted by Crippen LogP contribution is 2.58. The van der Waals surface area contributed by atoms with Gasteiger partial charge in [0.15, 0.2) is 11.6 Å². The zero-order chi connectivity index (χ0) is 28.1. The predicted octanol–water partition coefficient (Wildman–Crippen LogP) is 4.55. The molecule has 0 bridgehead atoms. The number of carboxylic acids is 1. The third kappa shape index (κ3) is 5.33. The Balaban J connectivity index is 1.28. The fourth-order valence-corrected chi connectivity index (χ4v) is 7.01. The Kier molecular flexibility index (Phi) is 7.31. The van der Waals surface area contributed by atoms with Crippen molar-refractivity contribution in [3.05, 3.63) is 23.5 Å². The van der Waals surface area contributed by atoms with Crippen LogP contribution in [0.1, 0.15) is 82.5 Å². The molecule has 0 saturated heterocycles. The Morgan fingerprint density at radius 2 is 1.77 bits per heavy atom. The molecule has 4 aliphatic carbocycles. The van der Waals surface area contributed by atoms with Crippen LogP contribution in [0.3, 0.4) is 0 Å². The molecular weight excluding hydrogens is 503 g/mol. The summed E-state index contributed by atoms with van der Waals surface area (Å²) in [6.07, 6.45) is 5.92. The van der Waals surface area contributed by atoms with E-state index in [1.807, 2.05) is 0 Å². The molecular formula is C30H41FN2O6. The van der Waals surface area contributed by atoms with Crippen molar-refractivity contribution in [3.63, 3.8) is 0 Å². The van der Waals surface area contributed by atoms with Crippen LogP contribution in [0.25, 0.3) is 0 Å². The number of fused-ring (bicyclic) bond motifs is 1. The Morgan fingerprint density at radius 3 is 2.36 bits per heavy atom. The van der Waals surface area contributed by atoms with E-state index in [4.69, 9.17) is 9.47 Å². The summed E-state index contributed by atoms with van der Waals surface area (Å²) in [7, 11) is 1.38. The van der Waals surface area contributed by atoms with Crippen molar-refractivity contribution in [2.24, 2.45) is 34.5 Å². The van der Waals surface area contributed by atoms with Gasteiger partial charge in [0.2, 0.25) is 5.91 Å². The first kappa shape index (κ1) is 27.7. The monoisotopic (exact) mass is 544 g/mol. The zero-order valence-corrected chi connectivity index (χ0v) is 23.3. The van der Waals surface area contributed by atoms with Gasteiger partial charge in [-0.15, -0.1) is 0 Å². The fourth-order valence-electron chi connectivity index (χ4n) is 7.01. The maximum Gasteiger partial charge on any atom is 0.309 e. The molecule has 4 aliphatic rings. The number of rotatable bonds is 9. The minimum absolute atomic E-state index is 0.00558. The minimum atomic E-state index is -0.835. The van der Waals surface area contributed by atoms with Crippen molar-refractivity contribution < 1.29 is 33.4 Å². The van der Waals surface area contributed by atoms with Gasteiger partial charge in [-0.2, -0.15) is 0 Å². The second kappa shape index (κ2) is 10.3. The smallest absolute Gasteiger partial charge is 0.309 e. The van der Waals surface area contributed by atoms with Gasteiger partial charge >= 0.3 is 5.97 Å². The molecule has 1 aromatic rings. The number of halogens is 1. The molecule has 0 aromatic heterocycles. The molecule has 0 radical (unpaired) electrons. The van der Waals surface area contributed by atoms with Crippen LogP contribution in [0.4, 0.5) is 4.39 Å². The molecule has 4 fully saturated rings. The molecule has 0 spiro atoms. The number of amides is 2. The van der Waals surface area contributed by atoms with E-state index >= 15 is 0 Å². The molecule has 214 valence electrons. The second-order valence-corrected chi connectivity index (χ2v) is 13.0. The lowest BCUT2D eigenvalue weighted by molar-refractivity contribution is -0.150. The maximum absolute atomic E-state index is 14.9. The van der Waals surface area contributed by atoms with Crippen LogP contribution in [-0.4, -0.2) is 48.7 Å². The Hall–Kier alpha value is -2.84. The van der Waals surface area contributed by atoms with Crippen LogP contribution in [-0.2, 0) is 9.59 Å². The average Bonchev–Trinajstić information content (AvgIpc) is 3.62. The Labute approximate surface area is 229 Å². The fraction of sp³-hybridized carbons (Fsp3) is 0.700. The highest BCUT2D eigenvalue weighted by Gasteiger charge is 2.60. The van der Waals surface area contributed by atoms with E-state index in [1.165, 1.54) is 19.6 Å². The normalized spacial score (nSPS) is 34.3. The Morgan fingerprint density at radius 1 is 1.08 bits per heavy atom. The number of aliphatic carboxylic acids is 1. The predicted molar refractivity (Wildman–Crippen MR) is 142 cm³/mol. The second-order valence-electron chi connectivity index (χ2n) is 13.0. The number of ether oxygens (including phenoxy) is 2. The zero-order valence-electron chi connectivity index (χ0n) is 23.3. The van der Waals surface area contributed by atoms with E-state index in [-0.39, 0.29) is 58.3 Å². The maximum atomic E-state index is 14.9. The summed E-state index contributed by atoms with van der Waals surface area (Å²) in [5, 5.41) is 15.7. The highest BCUT2D eigenvalue weighted by molar-refractivity contribution is 5.98. The topological polar surface area (TPSA) is 114 Å². The molecule has 3 N–H and O–H groups in total. The number of carboxylic acid groups (broad SMARTS) is 1. The van der Waals surface area contributed by atoms with E-state index in [2.05, 4.69) is 24.5 Å². The summed E-state index contributed by atoms with van der Waals surface area (Å²) in [5.41, 5.74) is -0.487. The summed E-state index contributed by atoms with van der Waals surface area (Å²) in [5.74, 6) is -1.31. The van der Waals surface area contributed by atoms with Crippen LogP contribution in [0.2, 0.25) is 0 Å². The van der Waals surface area contributed by atoms with Gasteiger partial charge in [-0.3, -0.25) is 14.4 Å². The standard InChI is InChI=1S/C30H41FN2O6/c1-16-18-12-19(18)24(27(35)32-15-29(2)8-5-9-29)25(16)33-26(34)20-13-23(21(31)14-22(20)38-4)39-17-6-10-30(3,11-7-17)28(36)37/h13-14,16-19,24-25H,5-12,15H2,1-4H3,(H,32,35)(H,33,34)(H,36,37)/t16-,17?,18?,19-,24-,25+,30?/m0/s1. The molecule has 9 heteroatoms. The van der Waals surface area contributed by atoms with Gasteiger partial charge in [-0.05, 0) is 81.1 Å². The summed E-state index contributed by atoms with van der Waals surface area (Å²) in [4.78, 5) is 38.4. The van der Waals surface area contributed by atoms with Gasteiger partial charge in [0.25, 0.3) is 5.91 Å². The quantitative estimate of drug-likeness (QED) is 0.420. The third-order valence-corrected chi connectivity index (χ3v) is 10.2. The average molecular weight is 545 g/mol. The van der Waals surface area contributed by atoms with Crippen LogP contribution >= 0.6 is 0 Å². The molecule has 1 aromatic carbocycles.